The third kappa shape index (κ3) is 6.77. The molecule has 1 aromatic heterocycles. The van der Waals surface area contributed by atoms with Gasteiger partial charge < -0.3 is 15.5 Å². The van der Waals surface area contributed by atoms with Crippen molar-refractivity contribution >= 4 is 45.9 Å². The van der Waals surface area contributed by atoms with Gasteiger partial charge in [-0.1, -0.05) is 23.1 Å². The summed E-state index contributed by atoms with van der Waals surface area (Å²) in [4.78, 5) is 36.1. The number of nitrogens with zero attached hydrogens (tertiary/aromatic N) is 1. The number of anilines is 1. The highest BCUT2D eigenvalue weighted by Crippen LogP contribution is 2.27. The van der Waals surface area contributed by atoms with Crippen LogP contribution in [0.15, 0.2) is 10.5 Å². The molecular formula is C10H12N2O5S2. The summed E-state index contributed by atoms with van der Waals surface area (Å²) in [7, 11) is 0. The molecule has 9 heteroatoms. The number of hydrogen-bond donors (Lipinski definition) is 3. The molecular weight excluding hydrogens is 292 g/mol. The Bertz CT molecular complexity index is 474. The Kier molecular flexibility index (Phi) is 6.30. The summed E-state index contributed by atoms with van der Waals surface area (Å²) in [5.74, 6) is -2.23. The number of nitrogens with one attached hydrogen (secondary N) is 1. The number of amides is 1. The molecule has 3 N–H and O–H groups in total. The number of carboxylic acids is 2. The van der Waals surface area contributed by atoms with Crippen molar-refractivity contribution in [1.29, 1.82) is 0 Å². The van der Waals surface area contributed by atoms with Gasteiger partial charge in [-0.25, -0.2) is 4.98 Å². The Morgan fingerprint density at radius 3 is 2.63 bits per heavy atom. The zero-order chi connectivity index (χ0) is 14.3. The molecule has 0 saturated carbocycles. The summed E-state index contributed by atoms with van der Waals surface area (Å²) >= 11 is 2.26. The molecule has 0 fully saturated rings. The van der Waals surface area contributed by atoms with Crippen LogP contribution in [0.1, 0.15) is 19.3 Å². The SMILES string of the molecule is O=C(O)CCCC(=O)Nc1cnc(SCC(=O)O)s1. The molecule has 0 aromatic carbocycles. The van der Waals surface area contributed by atoms with Crippen LogP contribution >= 0.6 is 23.1 Å². The monoisotopic (exact) mass is 304 g/mol. The zero-order valence-electron chi connectivity index (χ0n) is 9.79. The summed E-state index contributed by atoms with van der Waals surface area (Å²) in [5, 5.41) is 20.0. The Hall–Kier alpha value is -1.61. The van der Waals surface area contributed by atoms with E-state index in [0.717, 1.165) is 11.8 Å². The van der Waals surface area contributed by atoms with Crippen LogP contribution in [-0.4, -0.2) is 38.8 Å². The lowest BCUT2D eigenvalue weighted by Crippen LogP contribution is -2.10. The van der Waals surface area contributed by atoms with Crippen molar-refractivity contribution in [2.24, 2.45) is 0 Å². The molecule has 0 atom stereocenters. The number of carboxylic acid groups (broad SMARTS) is 2. The molecule has 1 heterocycles. The highest BCUT2D eigenvalue weighted by Gasteiger charge is 2.08. The number of rotatable bonds is 8. The quantitative estimate of drug-likeness (QED) is 0.623. The number of aromatic nitrogens is 1. The standard InChI is InChI=1S/C10H12N2O5S2/c13-6(2-1-3-8(14)15)12-7-4-11-10(19-7)18-5-9(16)17/h4H,1-3,5H2,(H,12,13)(H,14,15)(H,16,17). The van der Waals surface area contributed by atoms with Crippen LogP contribution in [0.2, 0.25) is 0 Å². The molecule has 0 saturated heterocycles. The third-order valence-electron chi connectivity index (χ3n) is 1.86. The van der Waals surface area contributed by atoms with Gasteiger partial charge in [0.25, 0.3) is 0 Å². The summed E-state index contributed by atoms with van der Waals surface area (Å²) in [5.41, 5.74) is 0. The molecule has 0 unspecified atom stereocenters. The van der Waals surface area contributed by atoms with Crippen molar-refractivity contribution in [3.05, 3.63) is 6.20 Å². The van der Waals surface area contributed by atoms with Gasteiger partial charge in [0.05, 0.1) is 11.9 Å². The summed E-state index contributed by atoms with van der Waals surface area (Å²) in [6.45, 7) is 0. The maximum absolute atomic E-state index is 11.4. The molecule has 0 bridgehead atoms. The van der Waals surface area contributed by atoms with Gasteiger partial charge >= 0.3 is 11.9 Å². The molecule has 1 rings (SSSR count). The lowest BCUT2D eigenvalue weighted by atomic mass is 10.2. The van der Waals surface area contributed by atoms with Gasteiger partial charge in [0.1, 0.15) is 5.00 Å². The van der Waals surface area contributed by atoms with E-state index >= 15 is 0 Å². The van der Waals surface area contributed by atoms with Gasteiger partial charge in [-0.05, 0) is 6.42 Å². The minimum absolute atomic E-state index is 0.0458. The first kappa shape index (κ1) is 15.4. The molecule has 0 aliphatic carbocycles. The van der Waals surface area contributed by atoms with Crippen LogP contribution in [0, 0.1) is 0 Å². The second-order valence-corrected chi connectivity index (χ2v) is 5.72. The maximum atomic E-state index is 11.4. The van der Waals surface area contributed by atoms with E-state index in [9.17, 15) is 14.4 Å². The second kappa shape index (κ2) is 7.74. The maximum Gasteiger partial charge on any atom is 0.313 e. The fourth-order valence-corrected chi connectivity index (χ4v) is 2.73. The van der Waals surface area contributed by atoms with Crippen molar-refractivity contribution in [2.75, 3.05) is 11.1 Å². The number of carbonyl (C=O) groups is 3. The van der Waals surface area contributed by atoms with Gasteiger partial charge in [-0.3, -0.25) is 14.4 Å². The minimum atomic E-state index is -0.932. The predicted octanol–water partition coefficient (Wildman–Crippen LogP) is 1.51. The van der Waals surface area contributed by atoms with Crippen molar-refractivity contribution in [2.45, 2.75) is 23.6 Å². The first-order valence-electron chi connectivity index (χ1n) is 5.29. The smallest absolute Gasteiger partial charge is 0.313 e. The van der Waals surface area contributed by atoms with Crippen molar-refractivity contribution < 1.29 is 24.6 Å². The van der Waals surface area contributed by atoms with Crippen LogP contribution in [-0.2, 0) is 14.4 Å². The molecule has 104 valence electrons. The first-order valence-corrected chi connectivity index (χ1v) is 7.09. The van der Waals surface area contributed by atoms with Crippen LogP contribution in [0.25, 0.3) is 0 Å². The van der Waals surface area contributed by atoms with Crippen LogP contribution in [0.4, 0.5) is 5.00 Å². The highest BCUT2D eigenvalue weighted by atomic mass is 32.2. The van der Waals surface area contributed by atoms with Crippen LogP contribution in [0.3, 0.4) is 0 Å². The van der Waals surface area contributed by atoms with Gasteiger partial charge in [-0.15, -0.1) is 0 Å². The van der Waals surface area contributed by atoms with E-state index in [-0.39, 0.29) is 30.9 Å². The summed E-state index contributed by atoms with van der Waals surface area (Å²) in [6.07, 6.45) is 1.81. The van der Waals surface area contributed by atoms with Crippen LogP contribution in [0.5, 0.6) is 0 Å². The Morgan fingerprint density at radius 1 is 1.26 bits per heavy atom. The summed E-state index contributed by atoms with van der Waals surface area (Å²) in [6, 6.07) is 0. The molecule has 1 aromatic rings. The van der Waals surface area contributed by atoms with Gasteiger partial charge in [0, 0.05) is 12.8 Å². The lowest BCUT2D eigenvalue weighted by Gasteiger charge is -2.00. The van der Waals surface area contributed by atoms with Gasteiger partial charge in [0.15, 0.2) is 4.34 Å². The molecule has 0 radical (unpaired) electrons. The topological polar surface area (TPSA) is 117 Å². The van der Waals surface area contributed by atoms with Gasteiger partial charge in [0.2, 0.25) is 5.91 Å². The van der Waals surface area contributed by atoms with Crippen LogP contribution < -0.4 is 5.32 Å². The molecule has 1 amide bonds. The van der Waals surface area contributed by atoms with E-state index in [0.29, 0.717) is 9.34 Å². The van der Waals surface area contributed by atoms with Gasteiger partial charge in [-0.2, -0.15) is 0 Å². The van der Waals surface area contributed by atoms with E-state index in [1.54, 1.807) is 0 Å². The normalized spacial score (nSPS) is 10.1. The average molecular weight is 304 g/mol. The molecule has 19 heavy (non-hydrogen) atoms. The first-order chi connectivity index (χ1) is 8.97. The number of thiazole rings is 1. The lowest BCUT2D eigenvalue weighted by molar-refractivity contribution is -0.137. The number of hydrogen-bond acceptors (Lipinski definition) is 6. The minimum Gasteiger partial charge on any atom is -0.481 e. The van der Waals surface area contributed by atoms with Crippen molar-refractivity contribution in [3.63, 3.8) is 0 Å². The number of carbonyl (C=O) groups excluding carboxylic acids is 1. The van der Waals surface area contributed by atoms with E-state index < -0.39 is 11.9 Å². The zero-order valence-corrected chi connectivity index (χ0v) is 11.4. The fraction of sp³-hybridized carbons (Fsp3) is 0.400. The van der Waals surface area contributed by atoms with E-state index in [1.807, 2.05) is 0 Å². The molecule has 0 aliphatic rings. The second-order valence-electron chi connectivity index (χ2n) is 3.47. The Morgan fingerprint density at radius 2 is 2.00 bits per heavy atom. The number of thioether (sulfide) groups is 1. The van der Waals surface area contributed by atoms with Crippen molar-refractivity contribution in [3.8, 4) is 0 Å². The van der Waals surface area contributed by atoms with E-state index in [4.69, 9.17) is 10.2 Å². The Balaban J connectivity index is 2.34. The Labute approximate surface area is 117 Å². The van der Waals surface area contributed by atoms with E-state index in [2.05, 4.69) is 10.3 Å². The third-order valence-corrected chi connectivity index (χ3v) is 3.92. The predicted molar refractivity (Wildman–Crippen MR) is 70.6 cm³/mol. The molecule has 7 nitrogen and oxygen atoms in total. The average Bonchev–Trinajstić information content (AvgIpc) is 2.73. The van der Waals surface area contributed by atoms with Crippen molar-refractivity contribution in [1.82, 2.24) is 4.98 Å². The molecule has 0 aliphatic heterocycles. The number of aliphatic carboxylic acids is 2. The van der Waals surface area contributed by atoms with E-state index in [1.165, 1.54) is 17.5 Å². The largest absolute Gasteiger partial charge is 0.481 e. The highest BCUT2D eigenvalue weighted by molar-refractivity contribution is 8.01. The fourth-order valence-electron chi connectivity index (χ4n) is 1.11. The molecule has 0 spiro atoms. The summed E-state index contributed by atoms with van der Waals surface area (Å²) < 4.78 is 0.559.